The van der Waals surface area contributed by atoms with E-state index in [-0.39, 0.29) is 24.0 Å². The molecule has 2 aromatic carbocycles. The van der Waals surface area contributed by atoms with Gasteiger partial charge in [0.25, 0.3) is 5.91 Å². The maximum absolute atomic E-state index is 12.6. The van der Waals surface area contributed by atoms with E-state index in [9.17, 15) is 22.8 Å². The minimum absolute atomic E-state index is 0.0178. The molecule has 3 rings (SSSR count). The lowest BCUT2D eigenvalue weighted by atomic mass is 10.0. The second kappa shape index (κ2) is 8.55. The molecule has 1 heterocycles. The molecule has 1 aliphatic heterocycles. The van der Waals surface area contributed by atoms with Crippen LogP contribution in [0.2, 0.25) is 0 Å². The number of amides is 2. The summed E-state index contributed by atoms with van der Waals surface area (Å²) in [6.07, 6.45) is -2.79. The van der Waals surface area contributed by atoms with Gasteiger partial charge < -0.3 is 15.0 Å². The third-order valence-corrected chi connectivity index (χ3v) is 4.75. The Morgan fingerprint density at radius 3 is 2.34 bits per heavy atom. The maximum atomic E-state index is 12.6. The van der Waals surface area contributed by atoms with Crippen LogP contribution in [0.25, 0.3) is 0 Å². The molecule has 0 bridgehead atoms. The Hall–Kier alpha value is -3.03. The zero-order valence-electron chi connectivity index (χ0n) is 15.9. The van der Waals surface area contributed by atoms with Crippen molar-refractivity contribution in [3.05, 3.63) is 59.2 Å². The fourth-order valence-electron chi connectivity index (χ4n) is 3.28. The van der Waals surface area contributed by atoms with Gasteiger partial charge in [-0.25, -0.2) is 0 Å². The Bertz CT molecular complexity index is 889. The molecule has 0 spiro atoms. The average molecular weight is 406 g/mol. The van der Waals surface area contributed by atoms with E-state index in [4.69, 9.17) is 0 Å². The number of nitrogens with zero attached hydrogens (tertiary/aromatic N) is 1. The van der Waals surface area contributed by atoms with Crippen molar-refractivity contribution in [3.8, 4) is 5.75 Å². The van der Waals surface area contributed by atoms with Gasteiger partial charge in [0.15, 0.2) is 0 Å². The molecule has 1 N–H and O–H groups in total. The Kier molecular flexibility index (Phi) is 6.10. The van der Waals surface area contributed by atoms with Crippen molar-refractivity contribution in [3.63, 3.8) is 0 Å². The third kappa shape index (κ3) is 5.49. The Balaban J connectivity index is 1.65. The summed E-state index contributed by atoms with van der Waals surface area (Å²) in [6, 6.07) is 10.3. The van der Waals surface area contributed by atoms with Gasteiger partial charge >= 0.3 is 6.36 Å². The summed E-state index contributed by atoms with van der Waals surface area (Å²) >= 11 is 0. The number of anilines is 1. The van der Waals surface area contributed by atoms with E-state index >= 15 is 0 Å². The average Bonchev–Trinajstić information content (AvgIpc) is 3.18. The first-order valence-corrected chi connectivity index (χ1v) is 9.26. The lowest BCUT2D eigenvalue weighted by Crippen LogP contribution is -2.28. The van der Waals surface area contributed by atoms with Crippen molar-refractivity contribution in [1.82, 2.24) is 4.90 Å². The molecule has 0 radical (unpaired) electrons. The number of carbonyl (C=O) groups is 2. The van der Waals surface area contributed by atoms with E-state index in [1.165, 1.54) is 12.1 Å². The number of ether oxygens (including phenoxy) is 1. The maximum Gasteiger partial charge on any atom is 0.573 e. The molecule has 1 fully saturated rings. The van der Waals surface area contributed by atoms with Crippen LogP contribution in [-0.2, 0) is 11.2 Å². The molecule has 0 aromatic heterocycles. The van der Waals surface area contributed by atoms with Gasteiger partial charge in [0.05, 0.1) is 6.42 Å². The van der Waals surface area contributed by atoms with Crippen molar-refractivity contribution in [2.75, 3.05) is 18.4 Å². The first-order chi connectivity index (χ1) is 13.7. The molecular weight excluding hydrogens is 385 g/mol. The zero-order valence-corrected chi connectivity index (χ0v) is 15.9. The van der Waals surface area contributed by atoms with Crippen molar-refractivity contribution < 1.29 is 27.5 Å². The fourth-order valence-corrected chi connectivity index (χ4v) is 3.28. The molecule has 1 saturated heterocycles. The highest BCUT2D eigenvalue weighted by molar-refractivity contribution is 5.99. The monoisotopic (exact) mass is 406 g/mol. The van der Waals surface area contributed by atoms with E-state index in [0.717, 1.165) is 38.1 Å². The Labute approximate surface area is 166 Å². The van der Waals surface area contributed by atoms with E-state index in [2.05, 4.69) is 10.1 Å². The van der Waals surface area contributed by atoms with Gasteiger partial charge in [-0.2, -0.15) is 0 Å². The van der Waals surface area contributed by atoms with Gasteiger partial charge in [-0.3, -0.25) is 9.59 Å². The smallest absolute Gasteiger partial charge is 0.406 e. The predicted octanol–water partition coefficient (Wildman–Crippen LogP) is 4.31. The quantitative estimate of drug-likeness (QED) is 0.805. The first kappa shape index (κ1) is 20.7. The van der Waals surface area contributed by atoms with Gasteiger partial charge in [0, 0.05) is 24.3 Å². The number of benzene rings is 2. The van der Waals surface area contributed by atoms with E-state index in [1.54, 1.807) is 30.0 Å². The largest absolute Gasteiger partial charge is 0.573 e. The van der Waals surface area contributed by atoms with E-state index in [0.29, 0.717) is 22.4 Å². The molecule has 5 nitrogen and oxygen atoms in total. The van der Waals surface area contributed by atoms with Crippen molar-refractivity contribution in [1.29, 1.82) is 0 Å². The summed E-state index contributed by atoms with van der Waals surface area (Å²) in [5.74, 6) is -0.717. The topological polar surface area (TPSA) is 58.6 Å². The summed E-state index contributed by atoms with van der Waals surface area (Å²) in [5, 5.41) is 2.78. The number of hydrogen-bond donors (Lipinski definition) is 1. The molecule has 2 amide bonds. The highest BCUT2D eigenvalue weighted by Crippen LogP contribution is 2.24. The number of hydrogen-bond acceptors (Lipinski definition) is 3. The molecule has 8 heteroatoms. The number of halogens is 3. The summed E-state index contributed by atoms with van der Waals surface area (Å²) in [7, 11) is 0. The number of nitrogens with one attached hydrogen (secondary N) is 1. The van der Waals surface area contributed by atoms with Crippen LogP contribution in [0.5, 0.6) is 5.75 Å². The lowest BCUT2D eigenvalue weighted by Gasteiger charge is -2.18. The lowest BCUT2D eigenvalue weighted by molar-refractivity contribution is -0.274. The van der Waals surface area contributed by atoms with Gasteiger partial charge in [0.2, 0.25) is 5.91 Å². The third-order valence-electron chi connectivity index (χ3n) is 4.75. The molecular formula is C21H21F3N2O3. The van der Waals surface area contributed by atoms with Gasteiger partial charge in [-0.1, -0.05) is 18.2 Å². The van der Waals surface area contributed by atoms with Crippen LogP contribution in [0.3, 0.4) is 0 Å². The van der Waals surface area contributed by atoms with Crippen LogP contribution in [0.1, 0.15) is 34.3 Å². The number of rotatable bonds is 5. The summed E-state index contributed by atoms with van der Waals surface area (Å²) < 4.78 is 40.4. The van der Waals surface area contributed by atoms with Gasteiger partial charge in [-0.05, 0) is 55.2 Å². The fraction of sp³-hybridized carbons (Fsp3) is 0.333. The molecule has 29 heavy (non-hydrogen) atoms. The van der Waals surface area contributed by atoms with Crippen LogP contribution in [0.4, 0.5) is 18.9 Å². The molecule has 0 unspecified atom stereocenters. The summed E-state index contributed by atoms with van der Waals surface area (Å²) in [5.41, 5.74) is 2.32. The van der Waals surface area contributed by atoms with Crippen molar-refractivity contribution in [2.45, 2.75) is 32.5 Å². The van der Waals surface area contributed by atoms with Crippen LogP contribution in [0, 0.1) is 6.92 Å². The van der Waals surface area contributed by atoms with Gasteiger partial charge in [0.1, 0.15) is 5.75 Å². The molecule has 0 atom stereocenters. The first-order valence-electron chi connectivity index (χ1n) is 9.26. The highest BCUT2D eigenvalue weighted by Gasteiger charge is 2.31. The van der Waals surface area contributed by atoms with Gasteiger partial charge in [-0.15, -0.1) is 13.2 Å². The predicted molar refractivity (Wildman–Crippen MR) is 102 cm³/mol. The second-order valence-corrected chi connectivity index (χ2v) is 6.89. The van der Waals surface area contributed by atoms with Crippen LogP contribution in [0.15, 0.2) is 42.5 Å². The summed E-state index contributed by atoms with van der Waals surface area (Å²) in [6.45, 7) is 3.26. The van der Waals surface area contributed by atoms with Crippen molar-refractivity contribution >= 4 is 17.5 Å². The van der Waals surface area contributed by atoms with E-state index < -0.39 is 6.36 Å². The minimum Gasteiger partial charge on any atom is -0.406 e. The highest BCUT2D eigenvalue weighted by atomic mass is 19.4. The zero-order chi connectivity index (χ0) is 21.0. The van der Waals surface area contributed by atoms with Crippen LogP contribution < -0.4 is 10.1 Å². The molecule has 2 aromatic rings. The van der Waals surface area contributed by atoms with Crippen LogP contribution >= 0.6 is 0 Å². The molecule has 0 saturated carbocycles. The Morgan fingerprint density at radius 1 is 1.07 bits per heavy atom. The Morgan fingerprint density at radius 2 is 1.72 bits per heavy atom. The van der Waals surface area contributed by atoms with Crippen LogP contribution in [-0.4, -0.2) is 36.2 Å². The van der Waals surface area contributed by atoms with E-state index in [1.807, 2.05) is 0 Å². The van der Waals surface area contributed by atoms with Crippen molar-refractivity contribution in [2.24, 2.45) is 0 Å². The standard InChI is InChI=1S/C21H21F3N2O3/c1-14-17(20(28)26-11-2-3-12-26)5-4-6-18(14)25-19(27)13-15-7-9-16(10-8-15)29-21(22,23)24/h4-10H,2-3,11-13H2,1H3,(H,25,27). The number of alkyl halides is 3. The molecule has 0 aliphatic carbocycles. The minimum atomic E-state index is -4.76. The second-order valence-electron chi connectivity index (χ2n) is 6.89. The SMILES string of the molecule is Cc1c(NC(=O)Cc2ccc(OC(F)(F)F)cc2)cccc1C(=O)N1CCCC1. The molecule has 1 aliphatic rings. The summed E-state index contributed by atoms with van der Waals surface area (Å²) in [4.78, 5) is 26.8. The molecule has 154 valence electrons. The normalized spacial score (nSPS) is 14.0. The number of likely N-dealkylation sites (tertiary alicyclic amines) is 1. The number of carbonyl (C=O) groups excluding carboxylic acids is 2.